The lowest BCUT2D eigenvalue weighted by molar-refractivity contribution is -0.144. The third kappa shape index (κ3) is 4.44. The van der Waals surface area contributed by atoms with Crippen molar-refractivity contribution in [1.82, 2.24) is 10.2 Å². The minimum absolute atomic E-state index is 0.0374. The number of ether oxygens (including phenoxy) is 1. The van der Waals surface area contributed by atoms with E-state index in [-0.39, 0.29) is 43.1 Å². The van der Waals surface area contributed by atoms with Gasteiger partial charge in [-0.25, -0.2) is 0 Å². The van der Waals surface area contributed by atoms with Crippen LogP contribution in [0.25, 0.3) is 0 Å². The summed E-state index contributed by atoms with van der Waals surface area (Å²) in [5.74, 6) is -0.445. The van der Waals surface area contributed by atoms with Gasteiger partial charge in [0.25, 0.3) is 0 Å². The van der Waals surface area contributed by atoms with Crippen LogP contribution < -0.4 is 5.32 Å². The number of carbonyl (C=O) groups excluding carboxylic acids is 3. The fourth-order valence-electron chi connectivity index (χ4n) is 1.83. The maximum absolute atomic E-state index is 11.7. The summed E-state index contributed by atoms with van der Waals surface area (Å²) in [4.78, 5) is 36.0. The van der Waals surface area contributed by atoms with Crippen molar-refractivity contribution in [3.8, 4) is 0 Å². The van der Waals surface area contributed by atoms with Crippen molar-refractivity contribution in [2.45, 2.75) is 32.7 Å². The van der Waals surface area contributed by atoms with Gasteiger partial charge in [0, 0.05) is 19.5 Å². The largest absolute Gasteiger partial charge is 0.466 e. The zero-order valence-electron chi connectivity index (χ0n) is 10.9. The van der Waals surface area contributed by atoms with E-state index in [1.807, 2.05) is 4.90 Å². The molecule has 1 atom stereocenters. The summed E-state index contributed by atoms with van der Waals surface area (Å²) in [6.45, 7) is 5.28. The molecular weight excluding hydrogens is 236 g/mol. The van der Waals surface area contributed by atoms with Crippen LogP contribution >= 0.6 is 0 Å². The van der Waals surface area contributed by atoms with Gasteiger partial charge >= 0.3 is 5.97 Å². The number of hydrogen-bond acceptors (Lipinski definition) is 5. The van der Waals surface area contributed by atoms with Gasteiger partial charge in [-0.1, -0.05) is 0 Å². The average Bonchev–Trinajstić information content (AvgIpc) is 2.33. The van der Waals surface area contributed by atoms with Gasteiger partial charge < -0.3 is 10.1 Å². The van der Waals surface area contributed by atoms with E-state index in [2.05, 4.69) is 5.32 Å². The number of amides is 1. The van der Waals surface area contributed by atoms with E-state index in [9.17, 15) is 14.4 Å². The van der Waals surface area contributed by atoms with Gasteiger partial charge in [0.2, 0.25) is 5.91 Å². The Labute approximate surface area is 107 Å². The molecule has 0 saturated carbocycles. The minimum Gasteiger partial charge on any atom is -0.466 e. The van der Waals surface area contributed by atoms with E-state index in [0.717, 1.165) is 0 Å². The molecule has 1 unspecified atom stereocenters. The lowest BCUT2D eigenvalue weighted by atomic mass is 10.1. The van der Waals surface area contributed by atoms with E-state index in [1.54, 1.807) is 13.8 Å². The first-order valence-electron chi connectivity index (χ1n) is 6.23. The number of rotatable bonds is 6. The molecule has 6 nitrogen and oxygen atoms in total. The molecule has 1 aliphatic rings. The predicted octanol–water partition coefficient (Wildman–Crippen LogP) is -0.281. The molecule has 1 heterocycles. The fourth-order valence-corrected chi connectivity index (χ4v) is 1.83. The highest BCUT2D eigenvalue weighted by Gasteiger charge is 2.26. The SMILES string of the molecule is CCOC(=O)CCC(=O)CN1CCNC(=O)C1C. The quantitative estimate of drug-likeness (QED) is 0.661. The highest BCUT2D eigenvalue weighted by Crippen LogP contribution is 2.05. The zero-order valence-corrected chi connectivity index (χ0v) is 10.9. The monoisotopic (exact) mass is 256 g/mol. The third-order valence-electron chi connectivity index (χ3n) is 2.92. The van der Waals surface area contributed by atoms with E-state index in [0.29, 0.717) is 19.7 Å². The van der Waals surface area contributed by atoms with Crippen LogP contribution in [0, 0.1) is 0 Å². The zero-order chi connectivity index (χ0) is 13.5. The van der Waals surface area contributed by atoms with E-state index in [1.165, 1.54) is 0 Å². The second-order valence-corrected chi connectivity index (χ2v) is 4.28. The molecule has 1 amide bonds. The molecule has 0 aromatic heterocycles. The van der Waals surface area contributed by atoms with Gasteiger partial charge in [-0.3, -0.25) is 19.3 Å². The van der Waals surface area contributed by atoms with Crippen molar-refractivity contribution in [3.63, 3.8) is 0 Å². The number of carbonyl (C=O) groups is 3. The van der Waals surface area contributed by atoms with Crippen molar-refractivity contribution in [1.29, 1.82) is 0 Å². The number of hydrogen-bond donors (Lipinski definition) is 1. The Hall–Kier alpha value is -1.43. The van der Waals surface area contributed by atoms with Gasteiger partial charge in [0.15, 0.2) is 0 Å². The van der Waals surface area contributed by atoms with Crippen LogP contribution in [0.15, 0.2) is 0 Å². The molecule has 1 saturated heterocycles. The summed E-state index contributed by atoms with van der Waals surface area (Å²) in [6, 6.07) is -0.287. The summed E-state index contributed by atoms with van der Waals surface area (Å²) in [5.41, 5.74) is 0. The maximum atomic E-state index is 11.7. The van der Waals surface area contributed by atoms with Gasteiger partial charge in [0.05, 0.1) is 25.6 Å². The van der Waals surface area contributed by atoms with E-state index >= 15 is 0 Å². The van der Waals surface area contributed by atoms with Gasteiger partial charge in [-0.2, -0.15) is 0 Å². The van der Waals surface area contributed by atoms with E-state index in [4.69, 9.17) is 4.74 Å². The number of Topliss-reactive ketones (excluding diaryl/α,β-unsaturated/α-hetero) is 1. The Morgan fingerprint density at radius 3 is 2.83 bits per heavy atom. The molecule has 6 heteroatoms. The Bertz CT molecular complexity index is 330. The summed E-state index contributed by atoms with van der Waals surface area (Å²) < 4.78 is 4.75. The van der Waals surface area contributed by atoms with Crippen LogP contribution in [-0.4, -0.2) is 54.8 Å². The molecule has 0 radical (unpaired) electrons. The van der Waals surface area contributed by atoms with Crippen LogP contribution in [-0.2, 0) is 19.1 Å². The minimum atomic E-state index is -0.352. The Morgan fingerprint density at radius 2 is 2.17 bits per heavy atom. The third-order valence-corrected chi connectivity index (χ3v) is 2.92. The van der Waals surface area contributed by atoms with Crippen molar-refractivity contribution < 1.29 is 19.1 Å². The normalized spacial score (nSPS) is 20.3. The molecule has 0 aromatic carbocycles. The lowest BCUT2D eigenvalue weighted by Gasteiger charge is -2.32. The molecule has 0 spiro atoms. The van der Waals surface area contributed by atoms with Crippen molar-refractivity contribution >= 4 is 17.7 Å². The van der Waals surface area contributed by atoms with Crippen LogP contribution in [0.5, 0.6) is 0 Å². The maximum Gasteiger partial charge on any atom is 0.306 e. The van der Waals surface area contributed by atoms with Crippen LogP contribution in [0.4, 0.5) is 0 Å². The molecule has 0 bridgehead atoms. The molecule has 18 heavy (non-hydrogen) atoms. The van der Waals surface area contributed by atoms with Crippen molar-refractivity contribution in [3.05, 3.63) is 0 Å². The lowest BCUT2D eigenvalue weighted by Crippen LogP contribution is -2.55. The topological polar surface area (TPSA) is 75.7 Å². The Balaban J connectivity index is 2.31. The molecule has 1 rings (SSSR count). The second-order valence-electron chi connectivity index (χ2n) is 4.28. The first kappa shape index (κ1) is 14.6. The number of nitrogens with zero attached hydrogens (tertiary/aromatic N) is 1. The van der Waals surface area contributed by atoms with Gasteiger partial charge in [0.1, 0.15) is 5.78 Å². The highest BCUT2D eigenvalue weighted by molar-refractivity contribution is 5.86. The summed E-state index contributed by atoms with van der Waals surface area (Å²) >= 11 is 0. The van der Waals surface area contributed by atoms with E-state index < -0.39 is 0 Å². The number of piperazine rings is 1. The van der Waals surface area contributed by atoms with Gasteiger partial charge in [-0.05, 0) is 13.8 Å². The predicted molar refractivity (Wildman–Crippen MR) is 64.9 cm³/mol. The average molecular weight is 256 g/mol. The fraction of sp³-hybridized carbons (Fsp3) is 0.750. The Morgan fingerprint density at radius 1 is 1.44 bits per heavy atom. The first-order valence-corrected chi connectivity index (χ1v) is 6.23. The number of esters is 1. The van der Waals surface area contributed by atoms with Crippen molar-refractivity contribution in [2.75, 3.05) is 26.2 Å². The van der Waals surface area contributed by atoms with Crippen LogP contribution in [0.3, 0.4) is 0 Å². The number of ketones is 1. The summed E-state index contributed by atoms with van der Waals surface area (Å²) in [6.07, 6.45) is 0.283. The molecule has 1 N–H and O–H groups in total. The smallest absolute Gasteiger partial charge is 0.306 e. The molecule has 102 valence electrons. The standard InChI is InChI=1S/C12H20N2O4/c1-3-18-11(16)5-4-10(15)8-14-7-6-13-12(17)9(14)2/h9H,3-8H2,1-2H3,(H,13,17). The Kier molecular flexibility index (Phi) is 5.77. The molecular formula is C12H20N2O4. The second kappa shape index (κ2) is 7.10. The molecule has 0 aliphatic carbocycles. The number of nitrogens with one attached hydrogen (secondary N) is 1. The summed E-state index contributed by atoms with van der Waals surface area (Å²) in [7, 11) is 0. The van der Waals surface area contributed by atoms with Gasteiger partial charge in [-0.15, -0.1) is 0 Å². The summed E-state index contributed by atoms with van der Waals surface area (Å²) in [5, 5.41) is 2.74. The highest BCUT2D eigenvalue weighted by atomic mass is 16.5. The van der Waals surface area contributed by atoms with Crippen LogP contribution in [0.1, 0.15) is 26.7 Å². The van der Waals surface area contributed by atoms with Crippen LogP contribution in [0.2, 0.25) is 0 Å². The molecule has 0 aromatic rings. The first-order chi connectivity index (χ1) is 8.54. The molecule has 1 fully saturated rings. The molecule has 1 aliphatic heterocycles. The van der Waals surface area contributed by atoms with Crippen molar-refractivity contribution in [2.24, 2.45) is 0 Å².